The van der Waals surface area contributed by atoms with E-state index in [1.54, 1.807) is 0 Å². The molecule has 0 amide bonds. The van der Waals surface area contributed by atoms with E-state index in [0.29, 0.717) is 5.82 Å². The predicted molar refractivity (Wildman–Crippen MR) is 252 cm³/mol. The third-order valence-corrected chi connectivity index (χ3v) is 12.3. The molecule has 0 fully saturated rings. The first-order valence-corrected chi connectivity index (χ1v) is 20.7. The molecular formula is C56H34N4O. The van der Waals surface area contributed by atoms with Crippen molar-refractivity contribution < 1.29 is 4.42 Å². The van der Waals surface area contributed by atoms with Crippen LogP contribution in [0.2, 0.25) is 0 Å². The minimum absolute atomic E-state index is 0.696. The highest BCUT2D eigenvalue weighted by Crippen LogP contribution is 2.46. The summed E-state index contributed by atoms with van der Waals surface area (Å²) in [6.07, 6.45) is 0. The van der Waals surface area contributed by atoms with Crippen LogP contribution in [0.4, 0.5) is 0 Å². The average molecular weight is 779 g/mol. The quantitative estimate of drug-likeness (QED) is 0.175. The van der Waals surface area contributed by atoms with Crippen LogP contribution in [0.15, 0.2) is 211 Å². The van der Waals surface area contributed by atoms with Gasteiger partial charge in [0.15, 0.2) is 5.82 Å². The van der Waals surface area contributed by atoms with Crippen molar-refractivity contribution in [3.8, 4) is 45.1 Å². The number of hydrogen-bond acceptors (Lipinski definition) is 3. The summed E-state index contributed by atoms with van der Waals surface area (Å²) in [4.78, 5) is 10.3. The first kappa shape index (κ1) is 33.7. The van der Waals surface area contributed by atoms with Gasteiger partial charge < -0.3 is 13.6 Å². The molecule has 0 aliphatic carbocycles. The largest absolute Gasteiger partial charge is 0.455 e. The van der Waals surface area contributed by atoms with E-state index in [2.05, 4.69) is 191 Å². The molecular weight excluding hydrogens is 745 g/mol. The Morgan fingerprint density at radius 2 is 1.02 bits per heavy atom. The van der Waals surface area contributed by atoms with Crippen molar-refractivity contribution in [1.29, 1.82) is 0 Å². The molecule has 0 bridgehead atoms. The fraction of sp³-hybridized carbons (Fsp3) is 0. The minimum Gasteiger partial charge on any atom is -0.455 e. The molecule has 4 heterocycles. The zero-order valence-electron chi connectivity index (χ0n) is 32.8. The van der Waals surface area contributed by atoms with E-state index in [4.69, 9.17) is 14.4 Å². The zero-order chi connectivity index (χ0) is 40.0. The highest BCUT2D eigenvalue weighted by Gasteiger charge is 2.24. The Balaban J connectivity index is 1.09. The van der Waals surface area contributed by atoms with Crippen LogP contribution in [0, 0.1) is 0 Å². The molecule has 0 aliphatic heterocycles. The predicted octanol–water partition coefficient (Wildman–Crippen LogP) is 14.7. The van der Waals surface area contributed by atoms with Gasteiger partial charge in [-0.1, -0.05) is 133 Å². The lowest BCUT2D eigenvalue weighted by Crippen LogP contribution is -1.97. The lowest BCUT2D eigenvalue weighted by Gasteiger charge is -2.12. The van der Waals surface area contributed by atoms with Crippen LogP contribution in [0.1, 0.15) is 0 Å². The van der Waals surface area contributed by atoms with Crippen LogP contribution < -0.4 is 0 Å². The maximum atomic E-state index is 6.88. The Labute approximate surface area is 350 Å². The summed E-state index contributed by atoms with van der Waals surface area (Å²) >= 11 is 0. The van der Waals surface area contributed by atoms with Gasteiger partial charge >= 0.3 is 0 Å². The van der Waals surface area contributed by atoms with E-state index in [9.17, 15) is 0 Å². The molecule has 0 unspecified atom stereocenters. The molecule has 284 valence electrons. The van der Waals surface area contributed by atoms with E-state index < -0.39 is 0 Å². The Kier molecular flexibility index (Phi) is 7.24. The Morgan fingerprint density at radius 3 is 1.84 bits per heavy atom. The summed E-state index contributed by atoms with van der Waals surface area (Å²) in [6.45, 7) is 0. The van der Waals surface area contributed by atoms with E-state index in [0.717, 1.165) is 93.9 Å². The second-order valence-corrected chi connectivity index (χ2v) is 15.7. The number of aromatic nitrogens is 4. The van der Waals surface area contributed by atoms with Crippen molar-refractivity contribution in [2.24, 2.45) is 0 Å². The number of rotatable bonds is 5. The van der Waals surface area contributed by atoms with Crippen molar-refractivity contribution in [1.82, 2.24) is 19.1 Å². The Bertz CT molecular complexity index is 3860. The average Bonchev–Trinajstić information content (AvgIpc) is 4.00. The number of hydrogen-bond donors (Lipinski definition) is 0. The molecule has 0 N–H and O–H groups in total. The second-order valence-electron chi connectivity index (χ2n) is 15.7. The van der Waals surface area contributed by atoms with Crippen LogP contribution >= 0.6 is 0 Å². The SMILES string of the molecule is c1ccc(-c2cccc(-n3c4ccc5c6ccccc6oc5c4c4c3ccc3c5ccccc5n(-c5ccc(-c6nc(-c7ccccc7)c7ccccc7n6)cc5)c34)c2)cc1. The van der Waals surface area contributed by atoms with Gasteiger partial charge in [0.1, 0.15) is 11.2 Å². The number of fused-ring (bicyclic) bond motifs is 12. The molecule has 13 rings (SSSR count). The third kappa shape index (κ3) is 5.08. The summed E-state index contributed by atoms with van der Waals surface area (Å²) in [5.74, 6) is 0.696. The van der Waals surface area contributed by atoms with Gasteiger partial charge in [-0.2, -0.15) is 0 Å². The van der Waals surface area contributed by atoms with Crippen LogP contribution in [0.5, 0.6) is 0 Å². The molecule has 5 nitrogen and oxygen atoms in total. The van der Waals surface area contributed by atoms with E-state index >= 15 is 0 Å². The lowest BCUT2D eigenvalue weighted by molar-refractivity contribution is 0.673. The first-order chi connectivity index (χ1) is 30.3. The minimum atomic E-state index is 0.696. The number of furan rings is 1. The first-order valence-electron chi connectivity index (χ1n) is 20.7. The van der Waals surface area contributed by atoms with Crippen LogP contribution in [-0.4, -0.2) is 19.1 Å². The van der Waals surface area contributed by atoms with Gasteiger partial charge in [0.05, 0.1) is 38.7 Å². The summed E-state index contributed by atoms with van der Waals surface area (Å²) in [5, 5.41) is 7.87. The summed E-state index contributed by atoms with van der Waals surface area (Å²) in [7, 11) is 0. The van der Waals surface area contributed by atoms with Crippen molar-refractivity contribution in [3.05, 3.63) is 206 Å². The third-order valence-electron chi connectivity index (χ3n) is 12.3. The molecule has 61 heavy (non-hydrogen) atoms. The molecule has 0 saturated heterocycles. The fourth-order valence-corrected chi connectivity index (χ4v) is 9.60. The molecule has 13 aromatic rings. The van der Waals surface area contributed by atoms with Crippen molar-refractivity contribution >= 4 is 76.5 Å². The summed E-state index contributed by atoms with van der Waals surface area (Å²) < 4.78 is 11.7. The molecule has 4 aromatic heterocycles. The molecule has 9 aromatic carbocycles. The van der Waals surface area contributed by atoms with Gasteiger partial charge in [-0.3, -0.25) is 0 Å². The maximum Gasteiger partial charge on any atom is 0.160 e. The van der Waals surface area contributed by atoms with Crippen molar-refractivity contribution in [2.75, 3.05) is 0 Å². The summed E-state index contributed by atoms with van der Waals surface area (Å²) in [6, 6.07) is 73.0. The topological polar surface area (TPSA) is 48.8 Å². The van der Waals surface area contributed by atoms with Crippen LogP contribution in [0.3, 0.4) is 0 Å². The van der Waals surface area contributed by atoms with E-state index in [-0.39, 0.29) is 0 Å². The molecule has 0 aliphatic rings. The number of para-hydroxylation sites is 3. The van der Waals surface area contributed by atoms with E-state index in [1.807, 2.05) is 24.3 Å². The van der Waals surface area contributed by atoms with Gasteiger partial charge in [0, 0.05) is 54.8 Å². The molecule has 0 atom stereocenters. The highest BCUT2D eigenvalue weighted by atomic mass is 16.3. The fourth-order valence-electron chi connectivity index (χ4n) is 9.60. The standard InChI is InChI=1S/C56H34N4O/c1-3-14-35(15-4-1)38-18-13-19-40(34-38)59-48-32-30-43-41-20-8-11-24-47(41)60(54(43)51(48)52-49(59)33-31-44-42-21-9-12-25-50(42)61-55(44)52)39-28-26-37(27-29-39)56-57-46-23-10-7-22-45(46)53(58-56)36-16-5-2-6-17-36/h1-34H. The van der Waals surface area contributed by atoms with Gasteiger partial charge in [0.2, 0.25) is 0 Å². The number of benzene rings is 9. The van der Waals surface area contributed by atoms with Gasteiger partial charge in [-0.15, -0.1) is 0 Å². The molecule has 0 radical (unpaired) electrons. The van der Waals surface area contributed by atoms with Gasteiger partial charge in [0.25, 0.3) is 0 Å². The zero-order valence-corrected chi connectivity index (χ0v) is 32.8. The van der Waals surface area contributed by atoms with Crippen LogP contribution in [0.25, 0.3) is 122 Å². The Morgan fingerprint density at radius 1 is 0.361 bits per heavy atom. The molecule has 0 spiro atoms. The van der Waals surface area contributed by atoms with Gasteiger partial charge in [-0.05, 0) is 83.9 Å². The van der Waals surface area contributed by atoms with Crippen LogP contribution in [-0.2, 0) is 0 Å². The van der Waals surface area contributed by atoms with E-state index in [1.165, 1.54) is 21.9 Å². The highest BCUT2D eigenvalue weighted by molar-refractivity contribution is 6.32. The monoisotopic (exact) mass is 778 g/mol. The van der Waals surface area contributed by atoms with Crippen molar-refractivity contribution in [2.45, 2.75) is 0 Å². The van der Waals surface area contributed by atoms with Gasteiger partial charge in [-0.25, -0.2) is 9.97 Å². The maximum absolute atomic E-state index is 6.88. The number of nitrogens with zero attached hydrogens (tertiary/aromatic N) is 4. The Hall–Kier alpha value is -8.28. The summed E-state index contributed by atoms with van der Waals surface area (Å²) in [5.41, 5.74) is 14.6. The normalized spacial score (nSPS) is 11.9. The van der Waals surface area contributed by atoms with Crippen molar-refractivity contribution in [3.63, 3.8) is 0 Å². The second kappa shape index (κ2) is 13.1. The molecule has 0 saturated carbocycles. The lowest BCUT2D eigenvalue weighted by atomic mass is 10.0. The molecule has 5 heteroatoms. The smallest absolute Gasteiger partial charge is 0.160 e.